The summed E-state index contributed by atoms with van der Waals surface area (Å²) in [4.78, 5) is 23.3. The number of thioether (sulfide) groups is 1. The molecule has 1 unspecified atom stereocenters. The minimum absolute atomic E-state index is 0.184. The molecule has 110 valence electrons. The second kappa shape index (κ2) is 7.31. The van der Waals surface area contributed by atoms with Crippen LogP contribution in [0.1, 0.15) is 42.2 Å². The van der Waals surface area contributed by atoms with Crippen LogP contribution in [0.15, 0.2) is 23.1 Å². The molecule has 1 aromatic carbocycles. The van der Waals surface area contributed by atoms with E-state index in [0.717, 1.165) is 4.90 Å². The highest BCUT2D eigenvalue weighted by molar-refractivity contribution is 8.00. The van der Waals surface area contributed by atoms with Crippen LogP contribution in [0.25, 0.3) is 0 Å². The molecular formula is C14H19NO4S. The minimum Gasteiger partial charge on any atom is -0.481 e. The Morgan fingerprint density at radius 1 is 1.40 bits per heavy atom. The molecule has 1 rings (SSSR count). The number of carbonyl (C=O) groups excluding carboxylic acids is 1. The molecule has 1 aromatic rings. The first kappa shape index (κ1) is 16.5. The van der Waals surface area contributed by atoms with Gasteiger partial charge in [-0.15, -0.1) is 11.8 Å². The topological polar surface area (TPSA) is 89.6 Å². The standard InChI is InChI=1S/C14H19NO4S/c1-8(2)20-12-5-4-9(14(18)19-3)6-10(12)11(15)7-13(16)17/h4-6,8,11H,7,15H2,1-3H3,(H,16,17). The van der Waals surface area contributed by atoms with Gasteiger partial charge in [0.25, 0.3) is 0 Å². The molecular weight excluding hydrogens is 278 g/mol. The molecule has 0 saturated carbocycles. The van der Waals surface area contributed by atoms with Crippen molar-refractivity contribution in [1.82, 2.24) is 0 Å². The van der Waals surface area contributed by atoms with E-state index in [1.54, 1.807) is 30.0 Å². The second-order valence-electron chi connectivity index (χ2n) is 4.62. The van der Waals surface area contributed by atoms with Crippen LogP contribution >= 0.6 is 11.8 Å². The lowest BCUT2D eigenvalue weighted by molar-refractivity contribution is -0.137. The number of carbonyl (C=O) groups is 2. The molecule has 5 nitrogen and oxygen atoms in total. The van der Waals surface area contributed by atoms with Crippen molar-refractivity contribution in [2.45, 2.75) is 36.5 Å². The average molecular weight is 297 g/mol. The highest BCUT2D eigenvalue weighted by Crippen LogP contribution is 2.32. The molecule has 0 bridgehead atoms. The predicted molar refractivity (Wildman–Crippen MR) is 78.0 cm³/mol. The van der Waals surface area contributed by atoms with Crippen molar-refractivity contribution in [3.05, 3.63) is 29.3 Å². The van der Waals surface area contributed by atoms with Crippen molar-refractivity contribution in [2.75, 3.05) is 7.11 Å². The first-order chi connectivity index (χ1) is 9.35. The Labute approximate surface area is 122 Å². The fourth-order valence-electron chi connectivity index (χ4n) is 1.74. The van der Waals surface area contributed by atoms with Crippen molar-refractivity contribution in [3.8, 4) is 0 Å². The summed E-state index contributed by atoms with van der Waals surface area (Å²) in [7, 11) is 1.30. The van der Waals surface area contributed by atoms with Gasteiger partial charge in [-0.1, -0.05) is 13.8 Å². The number of rotatable bonds is 6. The summed E-state index contributed by atoms with van der Waals surface area (Å²) < 4.78 is 4.67. The van der Waals surface area contributed by atoms with Crippen LogP contribution in [0.5, 0.6) is 0 Å². The molecule has 0 aliphatic carbocycles. The van der Waals surface area contributed by atoms with Crippen molar-refractivity contribution >= 4 is 23.7 Å². The number of aliphatic carboxylic acids is 1. The quantitative estimate of drug-likeness (QED) is 0.619. The van der Waals surface area contributed by atoms with E-state index in [-0.39, 0.29) is 6.42 Å². The number of benzene rings is 1. The van der Waals surface area contributed by atoms with Crippen LogP contribution in [-0.4, -0.2) is 29.4 Å². The molecule has 0 spiro atoms. The van der Waals surface area contributed by atoms with E-state index in [9.17, 15) is 9.59 Å². The van der Waals surface area contributed by atoms with Crippen LogP contribution in [0.3, 0.4) is 0 Å². The minimum atomic E-state index is -0.971. The van der Waals surface area contributed by atoms with E-state index in [4.69, 9.17) is 10.8 Å². The molecule has 0 amide bonds. The lowest BCUT2D eigenvalue weighted by atomic mass is 10.0. The van der Waals surface area contributed by atoms with Gasteiger partial charge in [0.15, 0.2) is 0 Å². The summed E-state index contributed by atoms with van der Waals surface area (Å²) in [6.07, 6.45) is -0.184. The summed E-state index contributed by atoms with van der Waals surface area (Å²) in [5, 5.41) is 9.19. The fourth-order valence-corrected chi connectivity index (χ4v) is 2.74. The monoisotopic (exact) mass is 297 g/mol. The van der Waals surface area contributed by atoms with Gasteiger partial charge in [-0.05, 0) is 23.8 Å². The molecule has 20 heavy (non-hydrogen) atoms. The van der Waals surface area contributed by atoms with Crippen LogP contribution in [0.4, 0.5) is 0 Å². The lowest BCUT2D eigenvalue weighted by Crippen LogP contribution is -2.17. The Morgan fingerprint density at radius 3 is 2.55 bits per heavy atom. The predicted octanol–water partition coefficient (Wildman–Crippen LogP) is 2.45. The van der Waals surface area contributed by atoms with Gasteiger partial charge in [0.1, 0.15) is 0 Å². The van der Waals surface area contributed by atoms with Crippen LogP contribution < -0.4 is 5.73 Å². The Bertz CT molecular complexity index is 502. The smallest absolute Gasteiger partial charge is 0.337 e. The van der Waals surface area contributed by atoms with E-state index in [2.05, 4.69) is 4.74 Å². The molecule has 0 aliphatic rings. The van der Waals surface area contributed by atoms with E-state index in [1.165, 1.54) is 7.11 Å². The molecule has 1 atom stereocenters. The van der Waals surface area contributed by atoms with Gasteiger partial charge >= 0.3 is 11.9 Å². The van der Waals surface area contributed by atoms with Gasteiger partial charge in [0.05, 0.1) is 19.1 Å². The maximum absolute atomic E-state index is 11.6. The molecule has 0 aliphatic heterocycles. The third-order valence-corrected chi connectivity index (χ3v) is 3.68. The molecule has 6 heteroatoms. The Kier molecular flexibility index (Phi) is 6.04. The summed E-state index contributed by atoms with van der Waals surface area (Å²) in [6.45, 7) is 4.07. The zero-order chi connectivity index (χ0) is 15.3. The van der Waals surface area contributed by atoms with E-state index >= 15 is 0 Å². The molecule has 0 heterocycles. The van der Waals surface area contributed by atoms with Gasteiger partial charge in [-0.3, -0.25) is 4.79 Å². The number of carboxylic acids is 1. The van der Waals surface area contributed by atoms with Crippen molar-refractivity contribution in [2.24, 2.45) is 5.73 Å². The Hall–Kier alpha value is -1.53. The zero-order valence-corrected chi connectivity index (χ0v) is 12.6. The van der Waals surface area contributed by atoms with Gasteiger partial charge in [-0.2, -0.15) is 0 Å². The van der Waals surface area contributed by atoms with Gasteiger partial charge in [0, 0.05) is 16.2 Å². The Balaban J connectivity index is 3.17. The van der Waals surface area contributed by atoms with E-state index < -0.39 is 18.0 Å². The van der Waals surface area contributed by atoms with E-state index in [1.807, 2.05) is 13.8 Å². The molecule has 0 fully saturated rings. The summed E-state index contributed by atoms with van der Waals surface area (Å²) in [6, 6.07) is 4.41. The van der Waals surface area contributed by atoms with Crippen LogP contribution in [0, 0.1) is 0 Å². The maximum Gasteiger partial charge on any atom is 0.337 e. The Morgan fingerprint density at radius 2 is 2.05 bits per heavy atom. The summed E-state index contributed by atoms with van der Waals surface area (Å²) in [5.41, 5.74) is 6.97. The summed E-state index contributed by atoms with van der Waals surface area (Å²) in [5.74, 6) is -1.43. The van der Waals surface area contributed by atoms with Crippen molar-refractivity contribution in [3.63, 3.8) is 0 Å². The third-order valence-electron chi connectivity index (χ3n) is 2.59. The van der Waals surface area contributed by atoms with Gasteiger partial charge in [0.2, 0.25) is 0 Å². The first-order valence-electron chi connectivity index (χ1n) is 6.21. The number of hydrogen-bond donors (Lipinski definition) is 2. The highest BCUT2D eigenvalue weighted by Gasteiger charge is 2.18. The SMILES string of the molecule is COC(=O)c1ccc(SC(C)C)c(C(N)CC(=O)O)c1. The number of esters is 1. The molecule has 0 saturated heterocycles. The molecule has 0 aromatic heterocycles. The number of nitrogens with two attached hydrogens (primary N) is 1. The number of methoxy groups -OCH3 is 1. The summed E-state index contributed by atoms with van der Waals surface area (Å²) >= 11 is 1.58. The normalized spacial score (nSPS) is 12.2. The zero-order valence-electron chi connectivity index (χ0n) is 11.8. The molecule has 0 radical (unpaired) electrons. The number of carboxylic acid groups (broad SMARTS) is 1. The van der Waals surface area contributed by atoms with Crippen LogP contribution in [0.2, 0.25) is 0 Å². The first-order valence-corrected chi connectivity index (χ1v) is 7.09. The average Bonchev–Trinajstić information content (AvgIpc) is 2.36. The lowest BCUT2D eigenvalue weighted by Gasteiger charge is -2.17. The van der Waals surface area contributed by atoms with Crippen LogP contribution in [-0.2, 0) is 9.53 Å². The van der Waals surface area contributed by atoms with Crippen molar-refractivity contribution in [1.29, 1.82) is 0 Å². The highest BCUT2D eigenvalue weighted by atomic mass is 32.2. The van der Waals surface area contributed by atoms with Gasteiger partial charge < -0.3 is 15.6 Å². The van der Waals surface area contributed by atoms with E-state index in [0.29, 0.717) is 16.4 Å². The van der Waals surface area contributed by atoms with Gasteiger partial charge in [-0.25, -0.2) is 4.79 Å². The largest absolute Gasteiger partial charge is 0.481 e. The van der Waals surface area contributed by atoms with Crippen molar-refractivity contribution < 1.29 is 19.4 Å². The molecule has 3 N–H and O–H groups in total. The third kappa shape index (κ3) is 4.54. The fraction of sp³-hybridized carbons (Fsp3) is 0.429. The maximum atomic E-state index is 11.6. The number of ether oxygens (including phenoxy) is 1. The number of hydrogen-bond acceptors (Lipinski definition) is 5. The second-order valence-corrected chi connectivity index (χ2v) is 6.23.